The van der Waals surface area contributed by atoms with Crippen LogP contribution in [0.1, 0.15) is 23.2 Å². The van der Waals surface area contributed by atoms with E-state index in [-0.39, 0.29) is 5.91 Å². The minimum Gasteiger partial charge on any atom is -0.397 e. The van der Waals surface area contributed by atoms with Gasteiger partial charge >= 0.3 is 0 Å². The predicted octanol–water partition coefficient (Wildman–Crippen LogP) is 1.25. The minimum atomic E-state index is 0.110. The van der Waals surface area contributed by atoms with Crippen molar-refractivity contribution in [2.24, 2.45) is 0 Å². The van der Waals surface area contributed by atoms with Gasteiger partial charge < -0.3 is 15.5 Å². The van der Waals surface area contributed by atoms with Crippen LogP contribution >= 0.6 is 0 Å². The fraction of sp³-hybridized carbons (Fsp3) is 0.562. The molecule has 0 saturated carbocycles. The number of carbonyl (C=O) groups excluding carboxylic acids is 1. The molecule has 2 heterocycles. The molecule has 0 bridgehead atoms. The van der Waals surface area contributed by atoms with Gasteiger partial charge in [-0.15, -0.1) is 0 Å². The fourth-order valence-corrected chi connectivity index (χ4v) is 3.45. The van der Waals surface area contributed by atoms with Crippen LogP contribution in [-0.4, -0.2) is 62.0 Å². The lowest BCUT2D eigenvalue weighted by Gasteiger charge is -2.37. The van der Waals surface area contributed by atoms with Crippen molar-refractivity contribution in [1.29, 1.82) is 0 Å². The maximum absolute atomic E-state index is 12.7. The quantitative estimate of drug-likeness (QED) is 0.832. The van der Waals surface area contributed by atoms with Crippen LogP contribution < -0.4 is 10.6 Å². The van der Waals surface area contributed by atoms with E-state index < -0.39 is 0 Å². The van der Waals surface area contributed by atoms with Gasteiger partial charge in [-0.05, 0) is 37.6 Å². The highest BCUT2D eigenvalue weighted by Crippen LogP contribution is 2.25. The summed E-state index contributed by atoms with van der Waals surface area (Å²) in [4.78, 5) is 19.1. The second-order valence-corrected chi connectivity index (χ2v) is 6.25. The van der Waals surface area contributed by atoms with E-state index in [9.17, 15) is 4.79 Å². The molecule has 1 amide bonds. The summed E-state index contributed by atoms with van der Waals surface area (Å²) in [7, 11) is 3.90. The Morgan fingerprint density at radius 1 is 1.29 bits per heavy atom. The molecule has 0 radical (unpaired) electrons. The molecule has 1 atom stereocenters. The third kappa shape index (κ3) is 2.70. The minimum absolute atomic E-state index is 0.110. The zero-order valence-corrected chi connectivity index (χ0v) is 12.9. The van der Waals surface area contributed by atoms with Crippen LogP contribution in [0.25, 0.3) is 0 Å². The van der Waals surface area contributed by atoms with E-state index in [1.807, 2.05) is 36.0 Å². The first-order valence-electron chi connectivity index (χ1n) is 7.66. The van der Waals surface area contributed by atoms with E-state index in [2.05, 4.69) is 4.90 Å². The number of fused-ring (bicyclic) bond motifs is 1. The molecule has 2 aliphatic heterocycles. The van der Waals surface area contributed by atoms with Crippen molar-refractivity contribution < 1.29 is 4.79 Å². The molecule has 1 unspecified atom stereocenters. The highest BCUT2D eigenvalue weighted by Gasteiger charge is 2.32. The Morgan fingerprint density at radius 2 is 2.10 bits per heavy atom. The van der Waals surface area contributed by atoms with Crippen LogP contribution in [0.4, 0.5) is 11.4 Å². The SMILES string of the molecule is CN(C)c1ccc(C(=O)N2CCN3CCCC3C2)cc1N. The highest BCUT2D eigenvalue weighted by atomic mass is 16.2. The lowest BCUT2D eigenvalue weighted by atomic mass is 10.1. The summed E-state index contributed by atoms with van der Waals surface area (Å²) in [6.07, 6.45) is 2.47. The number of rotatable bonds is 2. The summed E-state index contributed by atoms with van der Waals surface area (Å²) >= 11 is 0. The first-order chi connectivity index (χ1) is 10.1. The van der Waals surface area contributed by atoms with Gasteiger partial charge in [0.25, 0.3) is 5.91 Å². The molecule has 0 aliphatic carbocycles. The largest absolute Gasteiger partial charge is 0.397 e. The molecule has 5 nitrogen and oxygen atoms in total. The maximum atomic E-state index is 12.7. The molecule has 2 N–H and O–H groups in total. The molecule has 2 saturated heterocycles. The van der Waals surface area contributed by atoms with Gasteiger partial charge in [0.2, 0.25) is 0 Å². The summed E-state index contributed by atoms with van der Waals surface area (Å²) in [6, 6.07) is 6.17. The van der Waals surface area contributed by atoms with Gasteiger partial charge in [0.15, 0.2) is 0 Å². The molecule has 1 aromatic carbocycles. The molecule has 3 rings (SSSR count). The number of anilines is 2. The van der Waals surface area contributed by atoms with Gasteiger partial charge in [-0.1, -0.05) is 0 Å². The first-order valence-corrected chi connectivity index (χ1v) is 7.66. The number of benzene rings is 1. The molecular weight excluding hydrogens is 264 g/mol. The van der Waals surface area contributed by atoms with E-state index in [4.69, 9.17) is 5.73 Å². The van der Waals surface area contributed by atoms with Crippen LogP contribution in [0.3, 0.4) is 0 Å². The lowest BCUT2D eigenvalue weighted by Crippen LogP contribution is -2.52. The van der Waals surface area contributed by atoms with E-state index in [1.54, 1.807) is 6.07 Å². The Labute approximate surface area is 126 Å². The monoisotopic (exact) mass is 288 g/mol. The van der Waals surface area contributed by atoms with Gasteiger partial charge in [-0.2, -0.15) is 0 Å². The number of hydrogen-bond donors (Lipinski definition) is 1. The van der Waals surface area contributed by atoms with Crippen LogP contribution in [0.15, 0.2) is 18.2 Å². The van der Waals surface area contributed by atoms with Gasteiger partial charge in [0.1, 0.15) is 0 Å². The van der Waals surface area contributed by atoms with Gasteiger partial charge in [-0.25, -0.2) is 0 Å². The molecule has 0 aromatic heterocycles. The zero-order chi connectivity index (χ0) is 15.0. The number of hydrogen-bond acceptors (Lipinski definition) is 4. The lowest BCUT2D eigenvalue weighted by molar-refractivity contribution is 0.0571. The van der Waals surface area contributed by atoms with Crippen molar-refractivity contribution in [2.45, 2.75) is 18.9 Å². The average Bonchev–Trinajstić information content (AvgIpc) is 2.93. The number of carbonyl (C=O) groups is 1. The second kappa shape index (κ2) is 5.56. The van der Waals surface area contributed by atoms with Gasteiger partial charge in [0.05, 0.1) is 11.4 Å². The van der Waals surface area contributed by atoms with Crippen LogP contribution in [-0.2, 0) is 0 Å². The molecule has 0 spiro atoms. The third-order valence-electron chi connectivity index (χ3n) is 4.63. The number of amides is 1. The Kier molecular flexibility index (Phi) is 3.76. The summed E-state index contributed by atoms with van der Waals surface area (Å²) in [5.74, 6) is 0.110. The van der Waals surface area contributed by atoms with Crippen molar-refractivity contribution in [3.8, 4) is 0 Å². The Balaban J connectivity index is 1.74. The van der Waals surface area contributed by atoms with E-state index in [0.717, 1.165) is 25.3 Å². The normalized spacial score (nSPS) is 22.2. The molecule has 114 valence electrons. The number of nitrogens with zero attached hydrogens (tertiary/aromatic N) is 3. The molecule has 5 heteroatoms. The van der Waals surface area contributed by atoms with Crippen molar-refractivity contribution in [3.05, 3.63) is 23.8 Å². The highest BCUT2D eigenvalue weighted by molar-refractivity contribution is 5.96. The predicted molar refractivity (Wildman–Crippen MR) is 85.7 cm³/mol. The first kappa shape index (κ1) is 14.2. The summed E-state index contributed by atoms with van der Waals surface area (Å²) in [5.41, 5.74) is 8.36. The zero-order valence-electron chi connectivity index (χ0n) is 12.9. The maximum Gasteiger partial charge on any atom is 0.254 e. The number of nitrogen functional groups attached to an aromatic ring is 1. The van der Waals surface area contributed by atoms with Crippen LogP contribution in [0.5, 0.6) is 0 Å². The van der Waals surface area contributed by atoms with E-state index >= 15 is 0 Å². The Bertz CT molecular complexity index is 543. The van der Waals surface area contributed by atoms with Crippen molar-refractivity contribution in [1.82, 2.24) is 9.80 Å². The second-order valence-electron chi connectivity index (χ2n) is 6.25. The van der Waals surface area contributed by atoms with Gasteiger partial charge in [0, 0.05) is 45.3 Å². The van der Waals surface area contributed by atoms with E-state index in [0.29, 0.717) is 17.3 Å². The molecule has 1 aromatic rings. The standard InChI is InChI=1S/C16H24N4O/c1-18(2)15-6-5-12(10-14(15)17)16(21)20-9-8-19-7-3-4-13(19)11-20/h5-6,10,13H,3-4,7-9,11,17H2,1-2H3. The molecule has 2 fully saturated rings. The fourth-order valence-electron chi connectivity index (χ4n) is 3.45. The van der Waals surface area contributed by atoms with Crippen LogP contribution in [0.2, 0.25) is 0 Å². The summed E-state index contributed by atoms with van der Waals surface area (Å²) in [6.45, 7) is 3.87. The topological polar surface area (TPSA) is 52.8 Å². The Hall–Kier alpha value is -1.75. The smallest absolute Gasteiger partial charge is 0.254 e. The summed E-state index contributed by atoms with van der Waals surface area (Å²) < 4.78 is 0. The van der Waals surface area contributed by atoms with Crippen LogP contribution in [0, 0.1) is 0 Å². The molecule has 2 aliphatic rings. The van der Waals surface area contributed by atoms with Gasteiger partial charge in [-0.3, -0.25) is 9.69 Å². The summed E-state index contributed by atoms with van der Waals surface area (Å²) in [5, 5.41) is 0. The van der Waals surface area contributed by atoms with Crippen molar-refractivity contribution in [3.63, 3.8) is 0 Å². The third-order valence-corrected chi connectivity index (χ3v) is 4.63. The Morgan fingerprint density at radius 3 is 2.81 bits per heavy atom. The number of nitrogens with two attached hydrogens (primary N) is 1. The van der Waals surface area contributed by atoms with E-state index in [1.165, 1.54) is 19.4 Å². The molecular formula is C16H24N4O. The molecule has 21 heavy (non-hydrogen) atoms. The average molecular weight is 288 g/mol. The van der Waals surface area contributed by atoms with Crippen molar-refractivity contribution >= 4 is 17.3 Å². The van der Waals surface area contributed by atoms with Crippen molar-refractivity contribution in [2.75, 3.05) is 50.9 Å². The number of piperazine rings is 1.